The SMILES string of the molecule is CC(C)CC(=O)O[C@H]1[C@H](O)c2c(ccc3ccc(=O)oc23)OC1(C)C. The van der Waals surface area contributed by atoms with Crippen molar-refractivity contribution in [1.29, 1.82) is 0 Å². The molecule has 0 radical (unpaired) electrons. The third kappa shape index (κ3) is 3.26. The van der Waals surface area contributed by atoms with Crippen molar-refractivity contribution in [3.05, 3.63) is 40.2 Å². The number of hydrogen-bond donors (Lipinski definition) is 1. The van der Waals surface area contributed by atoms with E-state index < -0.39 is 29.4 Å². The summed E-state index contributed by atoms with van der Waals surface area (Å²) in [5.74, 6) is 0.153. The van der Waals surface area contributed by atoms with Crippen LogP contribution in [0.15, 0.2) is 33.5 Å². The molecule has 1 N–H and O–H groups in total. The first-order valence-corrected chi connectivity index (χ1v) is 8.32. The maximum Gasteiger partial charge on any atom is 0.336 e. The van der Waals surface area contributed by atoms with Crippen molar-refractivity contribution in [3.63, 3.8) is 0 Å². The van der Waals surface area contributed by atoms with Gasteiger partial charge in [0.2, 0.25) is 0 Å². The van der Waals surface area contributed by atoms with E-state index in [1.54, 1.807) is 32.0 Å². The molecule has 1 aromatic carbocycles. The Labute approximate surface area is 145 Å². The minimum Gasteiger partial charge on any atom is -0.483 e. The van der Waals surface area contributed by atoms with Crippen LogP contribution in [0, 0.1) is 5.92 Å². The molecule has 6 heteroatoms. The number of aliphatic hydroxyl groups excluding tert-OH is 1. The predicted molar refractivity (Wildman–Crippen MR) is 91.5 cm³/mol. The highest BCUT2D eigenvalue weighted by molar-refractivity contribution is 5.83. The van der Waals surface area contributed by atoms with Crippen molar-refractivity contribution in [3.8, 4) is 5.75 Å². The number of carbonyl (C=O) groups is 1. The second kappa shape index (κ2) is 6.19. The number of fused-ring (bicyclic) bond motifs is 3. The van der Waals surface area contributed by atoms with Crippen molar-refractivity contribution in [2.75, 3.05) is 0 Å². The molecule has 0 spiro atoms. The normalized spacial score (nSPS) is 21.7. The zero-order chi connectivity index (χ0) is 18.4. The molecule has 0 saturated heterocycles. The Balaban J connectivity index is 2.06. The fourth-order valence-electron chi connectivity index (χ4n) is 3.11. The highest BCUT2D eigenvalue weighted by atomic mass is 16.6. The summed E-state index contributed by atoms with van der Waals surface area (Å²) in [5, 5.41) is 11.6. The summed E-state index contributed by atoms with van der Waals surface area (Å²) in [7, 11) is 0. The minimum atomic E-state index is -1.16. The zero-order valence-corrected chi connectivity index (χ0v) is 14.7. The average molecular weight is 346 g/mol. The highest BCUT2D eigenvalue weighted by Crippen LogP contribution is 2.44. The molecular formula is C19H22O6. The maximum atomic E-state index is 12.1. The Kier molecular flexibility index (Phi) is 4.33. The summed E-state index contributed by atoms with van der Waals surface area (Å²) < 4.78 is 16.8. The second-order valence-corrected chi connectivity index (χ2v) is 7.31. The fraction of sp³-hybridized carbons (Fsp3) is 0.474. The molecule has 1 aliphatic rings. The number of esters is 1. The predicted octanol–water partition coefficient (Wildman–Crippen LogP) is 2.96. The number of benzene rings is 1. The van der Waals surface area contributed by atoms with Gasteiger partial charge in [0.05, 0.1) is 5.56 Å². The first-order valence-electron chi connectivity index (χ1n) is 8.32. The van der Waals surface area contributed by atoms with E-state index in [-0.39, 0.29) is 17.9 Å². The largest absolute Gasteiger partial charge is 0.483 e. The lowest BCUT2D eigenvalue weighted by Gasteiger charge is -2.42. The van der Waals surface area contributed by atoms with Gasteiger partial charge in [0.25, 0.3) is 0 Å². The second-order valence-electron chi connectivity index (χ2n) is 7.31. The Morgan fingerprint density at radius 1 is 1.28 bits per heavy atom. The number of carbonyl (C=O) groups excluding carboxylic acids is 1. The monoisotopic (exact) mass is 346 g/mol. The quantitative estimate of drug-likeness (QED) is 0.679. The molecule has 1 aromatic heterocycles. The maximum absolute atomic E-state index is 12.1. The van der Waals surface area contributed by atoms with Crippen LogP contribution in [0.2, 0.25) is 0 Å². The van der Waals surface area contributed by atoms with E-state index in [2.05, 4.69) is 0 Å². The van der Waals surface area contributed by atoms with E-state index in [1.807, 2.05) is 13.8 Å². The van der Waals surface area contributed by atoms with Crippen LogP contribution in [0.3, 0.4) is 0 Å². The number of aliphatic hydroxyl groups is 1. The Bertz CT molecular complexity index is 864. The summed E-state index contributed by atoms with van der Waals surface area (Å²) in [6.45, 7) is 7.32. The van der Waals surface area contributed by atoms with Gasteiger partial charge in [0, 0.05) is 17.9 Å². The molecule has 2 aromatic rings. The molecule has 0 saturated carbocycles. The molecule has 1 aliphatic heterocycles. The Hall–Kier alpha value is -2.34. The van der Waals surface area contributed by atoms with Crippen LogP contribution in [0.25, 0.3) is 11.0 Å². The van der Waals surface area contributed by atoms with Gasteiger partial charge in [-0.3, -0.25) is 4.79 Å². The molecular weight excluding hydrogens is 324 g/mol. The highest BCUT2D eigenvalue weighted by Gasteiger charge is 2.47. The van der Waals surface area contributed by atoms with Gasteiger partial charge in [-0.25, -0.2) is 4.79 Å². The van der Waals surface area contributed by atoms with E-state index in [1.165, 1.54) is 6.07 Å². The van der Waals surface area contributed by atoms with Crippen molar-refractivity contribution >= 4 is 16.9 Å². The molecule has 0 bridgehead atoms. The molecule has 3 rings (SSSR count). The molecule has 2 heterocycles. The topological polar surface area (TPSA) is 86.0 Å². The molecule has 25 heavy (non-hydrogen) atoms. The summed E-state index contributed by atoms with van der Waals surface area (Å²) in [5.41, 5.74) is -0.872. The van der Waals surface area contributed by atoms with E-state index in [0.29, 0.717) is 16.7 Å². The van der Waals surface area contributed by atoms with Crippen molar-refractivity contribution < 1.29 is 23.8 Å². The third-order valence-corrected chi connectivity index (χ3v) is 4.26. The van der Waals surface area contributed by atoms with Crippen molar-refractivity contribution in [2.24, 2.45) is 5.92 Å². The number of hydrogen-bond acceptors (Lipinski definition) is 6. The molecule has 6 nitrogen and oxygen atoms in total. The lowest BCUT2D eigenvalue weighted by atomic mass is 9.87. The van der Waals surface area contributed by atoms with Crippen molar-refractivity contribution in [2.45, 2.75) is 51.9 Å². The van der Waals surface area contributed by atoms with Gasteiger partial charge in [0.1, 0.15) is 23.0 Å². The standard InChI is InChI=1S/C19H22O6/c1-10(2)9-14(21)24-18-16(22)15-12(25-19(18,3)4)7-5-11-6-8-13(20)23-17(11)15/h5-8,10,16,18,22H,9H2,1-4H3/t16-,18+/m1/s1. The average Bonchev–Trinajstić information content (AvgIpc) is 2.49. The first kappa shape index (κ1) is 17.5. The van der Waals surface area contributed by atoms with E-state index in [4.69, 9.17) is 13.9 Å². The van der Waals surface area contributed by atoms with Crippen LogP contribution < -0.4 is 10.4 Å². The van der Waals surface area contributed by atoms with Gasteiger partial charge in [-0.05, 0) is 38.0 Å². The first-order chi connectivity index (χ1) is 11.7. The molecule has 0 unspecified atom stereocenters. The number of ether oxygens (including phenoxy) is 2. The summed E-state index contributed by atoms with van der Waals surface area (Å²) in [6.07, 6.45) is -1.83. The van der Waals surface area contributed by atoms with Gasteiger partial charge >= 0.3 is 11.6 Å². The van der Waals surface area contributed by atoms with Gasteiger partial charge in [-0.2, -0.15) is 0 Å². The van der Waals surface area contributed by atoms with Gasteiger partial charge in [0.15, 0.2) is 6.10 Å². The Morgan fingerprint density at radius 3 is 2.64 bits per heavy atom. The lowest BCUT2D eigenvalue weighted by Crippen LogP contribution is -2.51. The molecule has 134 valence electrons. The van der Waals surface area contributed by atoms with E-state index in [9.17, 15) is 14.7 Å². The molecule has 0 amide bonds. The lowest BCUT2D eigenvalue weighted by molar-refractivity contribution is -0.178. The summed E-state index contributed by atoms with van der Waals surface area (Å²) in [6, 6.07) is 6.41. The summed E-state index contributed by atoms with van der Waals surface area (Å²) >= 11 is 0. The summed E-state index contributed by atoms with van der Waals surface area (Å²) in [4.78, 5) is 23.7. The Morgan fingerprint density at radius 2 is 1.96 bits per heavy atom. The van der Waals surface area contributed by atoms with Gasteiger partial charge in [-0.15, -0.1) is 0 Å². The van der Waals surface area contributed by atoms with Crippen LogP contribution in [0.5, 0.6) is 5.75 Å². The van der Waals surface area contributed by atoms with Gasteiger partial charge in [-0.1, -0.05) is 13.8 Å². The van der Waals surface area contributed by atoms with E-state index in [0.717, 1.165) is 0 Å². The number of rotatable bonds is 3. The van der Waals surface area contributed by atoms with Crippen LogP contribution in [-0.2, 0) is 9.53 Å². The van der Waals surface area contributed by atoms with Crippen LogP contribution in [0.4, 0.5) is 0 Å². The van der Waals surface area contributed by atoms with Crippen LogP contribution in [-0.4, -0.2) is 22.8 Å². The fourth-order valence-corrected chi connectivity index (χ4v) is 3.11. The minimum absolute atomic E-state index is 0.142. The van der Waals surface area contributed by atoms with E-state index >= 15 is 0 Å². The molecule has 0 aliphatic carbocycles. The molecule has 2 atom stereocenters. The van der Waals surface area contributed by atoms with Crippen molar-refractivity contribution in [1.82, 2.24) is 0 Å². The smallest absolute Gasteiger partial charge is 0.336 e. The third-order valence-electron chi connectivity index (χ3n) is 4.26. The van der Waals surface area contributed by atoms with Crippen LogP contribution in [0.1, 0.15) is 45.8 Å². The molecule has 0 fully saturated rings. The zero-order valence-electron chi connectivity index (χ0n) is 14.7. The van der Waals surface area contributed by atoms with Gasteiger partial charge < -0.3 is 19.0 Å². The van der Waals surface area contributed by atoms with Crippen LogP contribution >= 0.6 is 0 Å².